The molecule has 0 spiro atoms. The van der Waals surface area contributed by atoms with Crippen molar-refractivity contribution in [3.8, 4) is 5.88 Å². The molecule has 0 N–H and O–H groups in total. The number of rotatable bonds is 2. The van der Waals surface area contributed by atoms with Crippen LogP contribution in [0.3, 0.4) is 0 Å². The fourth-order valence-corrected chi connectivity index (χ4v) is 2.59. The minimum atomic E-state index is -0.438. The number of para-hydroxylation sites is 1. The average molecular weight is 300 g/mol. The molecule has 0 aliphatic carbocycles. The van der Waals surface area contributed by atoms with Crippen molar-refractivity contribution < 1.29 is 9.53 Å². The van der Waals surface area contributed by atoms with Gasteiger partial charge in [0.25, 0.3) is 0 Å². The Bertz CT molecular complexity index is 1020. The van der Waals surface area contributed by atoms with Gasteiger partial charge in [0.2, 0.25) is 5.88 Å². The summed E-state index contributed by atoms with van der Waals surface area (Å²) >= 11 is 0. The predicted molar refractivity (Wildman–Crippen MR) is 88.4 cm³/mol. The summed E-state index contributed by atoms with van der Waals surface area (Å²) in [6.07, 6.45) is 3.24. The largest absolute Gasteiger partial charge is 0.403 e. The summed E-state index contributed by atoms with van der Waals surface area (Å²) < 4.78 is 5.54. The van der Waals surface area contributed by atoms with Crippen molar-refractivity contribution in [2.45, 2.75) is 0 Å². The van der Waals surface area contributed by atoms with Crippen LogP contribution in [0.5, 0.6) is 5.88 Å². The fourth-order valence-electron chi connectivity index (χ4n) is 2.59. The summed E-state index contributed by atoms with van der Waals surface area (Å²) in [6, 6.07) is 18.7. The molecule has 0 fully saturated rings. The predicted octanol–water partition coefficient (Wildman–Crippen LogP) is 4.00. The topological polar surface area (TPSA) is 52.1 Å². The van der Waals surface area contributed by atoms with Crippen molar-refractivity contribution in [2.75, 3.05) is 0 Å². The number of pyridine rings is 2. The smallest absolute Gasteiger partial charge is 0.345 e. The molecule has 0 unspecified atom stereocenters. The Labute approximate surface area is 132 Å². The van der Waals surface area contributed by atoms with Crippen LogP contribution in [0.25, 0.3) is 21.7 Å². The number of fused-ring (bicyclic) bond motifs is 2. The van der Waals surface area contributed by atoms with Crippen LogP contribution in [-0.4, -0.2) is 15.9 Å². The first-order chi connectivity index (χ1) is 11.3. The quantitative estimate of drug-likeness (QED) is 0.525. The van der Waals surface area contributed by atoms with Crippen molar-refractivity contribution >= 4 is 27.6 Å². The molecule has 0 saturated heterocycles. The summed E-state index contributed by atoms with van der Waals surface area (Å²) in [5.41, 5.74) is 1.23. The van der Waals surface area contributed by atoms with Gasteiger partial charge in [-0.25, -0.2) is 9.78 Å². The number of esters is 1. The lowest BCUT2D eigenvalue weighted by Gasteiger charge is -2.08. The molecule has 110 valence electrons. The lowest BCUT2D eigenvalue weighted by molar-refractivity contribution is 0.0732. The first kappa shape index (κ1) is 13.4. The van der Waals surface area contributed by atoms with E-state index in [1.54, 1.807) is 18.5 Å². The van der Waals surface area contributed by atoms with Gasteiger partial charge < -0.3 is 4.74 Å². The first-order valence-corrected chi connectivity index (χ1v) is 7.22. The van der Waals surface area contributed by atoms with E-state index in [9.17, 15) is 4.79 Å². The molecule has 4 rings (SSSR count). The van der Waals surface area contributed by atoms with E-state index in [0.717, 1.165) is 21.7 Å². The molecule has 0 aliphatic heterocycles. The summed E-state index contributed by atoms with van der Waals surface area (Å²) in [4.78, 5) is 21.0. The number of carbonyl (C=O) groups is 1. The zero-order valence-electron chi connectivity index (χ0n) is 12.1. The third-order valence-corrected chi connectivity index (χ3v) is 3.70. The Morgan fingerprint density at radius 1 is 0.783 bits per heavy atom. The monoisotopic (exact) mass is 300 g/mol. The second-order valence-electron chi connectivity index (χ2n) is 5.10. The maximum atomic E-state index is 12.6. The molecule has 0 amide bonds. The number of nitrogens with zero attached hydrogens (tertiary/aromatic N) is 2. The molecule has 0 bridgehead atoms. The van der Waals surface area contributed by atoms with Crippen LogP contribution in [0, 0.1) is 0 Å². The molecule has 0 saturated carbocycles. The van der Waals surface area contributed by atoms with Gasteiger partial charge in [0.1, 0.15) is 0 Å². The van der Waals surface area contributed by atoms with Crippen molar-refractivity contribution in [2.24, 2.45) is 0 Å². The van der Waals surface area contributed by atoms with Gasteiger partial charge in [-0.15, -0.1) is 0 Å². The highest BCUT2D eigenvalue weighted by Crippen LogP contribution is 2.24. The van der Waals surface area contributed by atoms with Gasteiger partial charge in [-0.05, 0) is 29.7 Å². The van der Waals surface area contributed by atoms with E-state index >= 15 is 0 Å². The number of ether oxygens (including phenoxy) is 1. The van der Waals surface area contributed by atoms with Crippen LogP contribution in [0.1, 0.15) is 10.4 Å². The van der Waals surface area contributed by atoms with Gasteiger partial charge in [-0.2, -0.15) is 0 Å². The number of benzene rings is 2. The van der Waals surface area contributed by atoms with E-state index in [1.165, 1.54) is 0 Å². The first-order valence-electron chi connectivity index (χ1n) is 7.22. The molecule has 4 nitrogen and oxygen atoms in total. The fraction of sp³-hybridized carbons (Fsp3) is 0. The van der Waals surface area contributed by atoms with E-state index in [-0.39, 0.29) is 0 Å². The van der Waals surface area contributed by atoms with E-state index in [1.807, 2.05) is 54.6 Å². The Balaban J connectivity index is 1.77. The molecule has 23 heavy (non-hydrogen) atoms. The van der Waals surface area contributed by atoms with E-state index in [2.05, 4.69) is 9.97 Å². The highest BCUT2D eigenvalue weighted by Gasteiger charge is 2.14. The van der Waals surface area contributed by atoms with Gasteiger partial charge in [0.15, 0.2) is 0 Å². The SMILES string of the molecule is O=C(Oc1nccc2ccccc12)c1ccnc2ccccc12. The van der Waals surface area contributed by atoms with Crippen LogP contribution in [0.2, 0.25) is 0 Å². The third kappa shape index (κ3) is 2.40. The standard InChI is InChI=1S/C19H12N2O2/c22-19(16-10-12-20-17-8-4-3-7-15(16)17)23-18-14-6-2-1-5-13(14)9-11-21-18/h1-12H. The zero-order valence-corrected chi connectivity index (χ0v) is 12.1. The lowest BCUT2D eigenvalue weighted by atomic mass is 10.1. The van der Waals surface area contributed by atoms with E-state index in [0.29, 0.717) is 11.4 Å². The van der Waals surface area contributed by atoms with Gasteiger partial charge in [-0.1, -0.05) is 36.4 Å². The van der Waals surface area contributed by atoms with Crippen molar-refractivity contribution in [3.63, 3.8) is 0 Å². The Morgan fingerprint density at radius 2 is 1.52 bits per heavy atom. The third-order valence-electron chi connectivity index (χ3n) is 3.70. The summed E-state index contributed by atoms with van der Waals surface area (Å²) in [5.74, 6) is -0.124. The lowest BCUT2D eigenvalue weighted by Crippen LogP contribution is -2.10. The summed E-state index contributed by atoms with van der Waals surface area (Å²) in [7, 11) is 0. The van der Waals surface area contributed by atoms with Crippen molar-refractivity contribution in [1.29, 1.82) is 0 Å². The van der Waals surface area contributed by atoms with Gasteiger partial charge in [0, 0.05) is 23.2 Å². The maximum Gasteiger partial charge on any atom is 0.345 e. The summed E-state index contributed by atoms with van der Waals surface area (Å²) in [5, 5.41) is 2.55. The molecule has 4 heteroatoms. The second kappa shape index (κ2) is 5.50. The molecular weight excluding hydrogens is 288 g/mol. The Morgan fingerprint density at radius 3 is 2.43 bits per heavy atom. The van der Waals surface area contributed by atoms with Crippen LogP contribution < -0.4 is 4.74 Å². The normalized spacial score (nSPS) is 10.8. The number of aromatic nitrogens is 2. The van der Waals surface area contributed by atoms with E-state index in [4.69, 9.17) is 4.74 Å². The summed E-state index contributed by atoms with van der Waals surface area (Å²) in [6.45, 7) is 0. The number of carbonyl (C=O) groups excluding carboxylic acids is 1. The van der Waals surface area contributed by atoms with Crippen LogP contribution in [0.15, 0.2) is 73.1 Å². The Kier molecular flexibility index (Phi) is 3.20. The highest BCUT2D eigenvalue weighted by molar-refractivity contribution is 6.04. The molecule has 2 aromatic heterocycles. The Hall–Kier alpha value is -3.27. The molecule has 0 radical (unpaired) electrons. The molecule has 0 aliphatic rings. The molecule has 2 heterocycles. The highest BCUT2D eigenvalue weighted by atomic mass is 16.5. The van der Waals surface area contributed by atoms with Gasteiger partial charge >= 0.3 is 5.97 Å². The molecule has 0 atom stereocenters. The maximum absolute atomic E-state index is 12.6. The van der Waals surface area contributed by atoms with Gasteiger partial charge in [0.05, 0.1) is 11.1 Å². The molecular formula is C19H12N2O2. The second-order valence-corrected chi connectivity index (χ2v) is 5.10. The van der Waals surface area contributed by atoms with Crippen molar-refractivity contribution in [3.05, 3.63) is 78.6 Å². The number of hydrogen-bond acceptors (Lipinski definition) is 4. The van der Waals surface area contributed by atoms with Crippen molar-refractivity contribution in [1.82, 2.24) is 9.97 Å². The minimum absolute atomic E-state index is 0.314. The van der Waals surface area contributed by atoms with Crippen LogP contribution in [-0.2, 0) is 0 Å². The van der Waals surface area contributed by atoms with E-state index < -0.39 is 5.97 Å². The minimum Gasteiger partial charge on any atom is -0.403 e. The van der Waals surface area contributed by atoms with Crippen LogP contribution in [0.4, 0.5) is 0 Å². The number of hydrogen-bond donors (Lipinski definition) is 0. The zero-order chi connectivity index (χ0) is 15.6. The average Bonchev–Trinajstić information content (AvgIpc) is 2.61. The molecule has 2 aromatic carbocycles. The molecule has 4 aromatic rings. The van der Waals surface area contributed by atoms with Crippen LogP contribution >= 0.6 is 0 Å². The van der Waals surface area contributed by atoms with Gasteiger partial charge in [-0.3, -0.25) is 4.98 Å².